The Morgan fingerprint density at radius 3 is 2.33 bits per heavy atom. The molecule has 1 N–H and O–H groups in total. The van der Waals surface area contributed by atoms with Gasteiger partial charge in [-0.3, -0.25) is 0 Å². The van der Waals surface area contributed by atoms with Crippen molar-refractivity contribution in [2.45, 2.75) is 52.5 Å². The maximum atomic E-state index is 11.8. The van der Waals surface area contributed by atoms with Crippen LogP contribution in [0.15, 0.2) is 24.3 Å². The molecule has 120 valence electrons. The summed E-state index contributed by atoms with van der Waals surface area (Å²) in [6.45, 7) is 11.0. The van der Waals surface area contributed by atoms with Gasteiger partial charge in [-0.1, -0.05) is 31.2 Å². The molecule has 1 atom stereocenters. The van der Waals surface area contributed by atoms with Gasteiger partial charge in [-0.05, 0) is 51.2 Å². The van der Waals surface area contributed by atoms with Crippen LogP contribution in [0.5, 0.6) is 0 Å². The van der Waals surface area contributed by atoms with Gasteiger partial charge in [0.2, 0.25) is 0 Å². The van der Waals surface area contributed by atoms with Gasteiger partial charge in [0, 0.05) is 17.8 Å². The Balaban J connectivity index is 2.87. The Labute approximate surface area is 130 Å². The SMILES string of the molecule is CCS(=O)(=O)CCC(CNC(C)(C)C)c1ccccc1C. The van der Waals surface area contributed by atoms with E-state index >= 15 is 0 Å². The topological polar surface area (TPSA) is 46.2 Å². The Morgan fingerprint density at radius 2 is 1.81 bits per heavy atom. The van der Waals surface area contributed by atoms with Gasteiger partial charge in [0.05, 0.1) is 5.75 Å². The molecule has 0 aromatic heterocycles. The lowest BCUT2D eigenvalue weighted by Gasteiger charge is -2.26. The first-order chi connectivity index (χ1) is 9.64. The van der Waals surface area contributed by atoms with Crippen LogP contribution in [0.3, 0.4) is 0 Å². The molecule has 1 rings (SSSR count). The van der Waals surface area contributed by atoms with E-state index in [2.05, 4.69) is 45.1 Å². The fourth-order valence-corrected chi connectivity index (χ4v) is 3.24. The summed E-state index contributed by atoms with van der Waals surface area (Å²) in [5, 5.41) is 3.51. The Morgan fingerprint density at radius 1 is 1.19 bits per heavy atom. The molecule has 0 saturated carbocycles. The molecule has 0 bridgehead atoms. The van der Waals surface area contributed by atoms with Crippen molar-refractivity contribution < 1.29 is 8.42 Å². The Kier molecular flexibility index (Phi) is 6.41. The van der Waals surface area contributed by atoms with Crippen molar-refractivity contribution in [1.82, 2.24) is 5.32 Å². The summed E-state index contributed by atoms with van der Waals surface area (Å²) >= 11 is 0. The van der Waals surface area contributed by atoms with E-state index in [0.717, 1.165) is 6.54 Å². The van der Waals surface area contributed by atoms with E-state index in [0.29, 0.717) is 6.42 Å². The molecule has 1 aromatic carbocycles. The van der Waals surface area contributed by atoms with Gasteiger partial charge >= 0.3 is 0 Å². The first-order valence-corrected chi connectivity index (χ1v) is 9.48. The third kappa shape index (κ3) is 6.62. The van der Waals surface area contributed by atoms with Gasteiger partial charge in [0.1, 0.15) is 9.84 Å². The van der Waals surface area contributed by atoms with E-state index in [9.17, 15) is 8.42 Å². The van der Waals surface area contributed by atoms with Crippen molar-refractivity contribution >= 4 is 9.84 Å². The van der Waals surface area contributed by atoms with Gasteiger partial charge in [-0.2, -0.15) is 0 Å². The van der Waals surface area contributed by atoms with Crippen LogP contribution in [-0.2, 0) is 9.84 Å². The Hall–Kier alpha value is -0.870. The van der Waals surface area contributed by atoms with Crippen LogP contribution in [-0.4, -0.2) is 32.0 Å². The van der Waals surface area contributed by atoms with E-state index < -0.39 is 9.84 Å². The van der Waals surface area contributed by atoms with Crippen LogP contribution in [0.2, 0.25) is 0 Å². The molecular weight excluding hydrogens is 282 g/mol. The van der Waals surface area contributed by atoms with E-state index in [1.165, 1.54) is 11.1 Å². The lowest BCUT2D eigenvalue weighted by Crippen LogP contribution is -2.39. The van der Waals surface area contributed by atoms with Crippen LogP contribution >= 0.6 is 0 Å². The highest BCUT2D eigenvalue weighted by atomic mass is 32.2. The van der Waals surface area contributed by atoms with Crippen LogP contribution in [0, 0.1) is 6.92 Å². The van der Waals surface area contributed by atoms with E-state index in [4.69, 9.17) is 0 Å². The maximum absolute atomic E-state index is 11.8. The summed E-state index contributed by atoms with van der Waals surface area (Å²) in [5.41, 5.74) is 2.51. The summed E-state index contributed by atoms with van der Waals surface area (Å²) in [7, 11) is -2.92. The van der Waals surface area contributed by atoms with Gasteiger partial charge in [-0.15, -0.1) is 0 Å². The molecule has 0 saturated heterocycles. The second-order valence-electron chi connectivity index (χ2n) is 6.71. The van der Waals surface area contributed by atoms with Crippen molar-refractivity contribution in [1.29, 1.82) is 0 Å². The number of rotatable bonds is 7. The third-order valence-corrected chi connectivity index (χ3v) is 5.46. The van der Waals surface area contributed by atoms with Crippen molar-refractivity contribution in [3.63, 3.8) is 0 Å². The molecule has 4 heteroatoms. The molecule has 1 unspecified atom stereocenters. The highest BCUT2D eigenvalue weighted by Gasteiger charge is 2.19. The Bertz CT molecular complexity index is 544. The molecule has 0 aliphatic carbocycles. The maximum Gasteiger partial charge on any atom is 0.150 e. The monoisotopic (exact) mass is 311 g/mol. The zero-order valence-corrected chi connectivity index (χ0v) is 14.8. The summed E-state index contributed by atoms with van der Waals surface area (Å²) in [6.07, 6.45) is 0.671. The van der Waals surface area contributed by atoms with E-state index in [1.54, 1.807) is 6.92 Å². The lowest BCUT2D eigenvalue weighted by molar-refractivity contribution is 0.402. The fraction of sp³-hybridized carbons (Fsp3) is 0.647. The van der Waals surface area contributed by atoms with Gasteiger partial charge in [-0.25, -0.2) is 8.42 Å². The summed E-state index contributed by atoms with van der Waals surface area (Å²) in [6, 6.07) is 8.26. The number of aryl methyl sites for hydroxylation is 1. The van der Waals surface area contributed by atoms with Crippen LogP contribution < -0.4 is 5.32 Å². The predicted octanol–water partition coefficient (Wildman–Crippen LogP) is 3.29. The number of sulfone groups is 1. The molecular formula is C17H29NO2S. The minimum absolute atomic E-state index is 0.0323. The minimum Gasteiger partial charge on any atom is -0.311 e. The largest absolute Gasteiger partial charge is 0.311 e. The molecule has 0 amide bonds. The molecule has 0 radical (unpaired) electrons. The molecule has 0 aliphatic heterocycles. The van der Waals surface area contributed by atoms with Gasteiger partial charge < -0.3 is 5.32 Å². The van der Waals surface area contributed by atoms with Crippen LogP contribution in [0.4, 0.5) is 0 Å². The van der Waals surface area contributed by atoms with E-state index in [-0.39, 0.29) is 23.0 Å². The molecule has 0 fully saturated rings. The normalized spacial score (nSPS) is 14.1. The summed E-state index contributed by atoms with van der Waals surface area (Å²) in [4.78, 5) is 0. The molecule has 0 aliphatic rings. The van der Waals surface area contributed by atoms with Crippen LogP contribution in [0.25, 0.3) is 0 Å². The fourth-order valence-electron chi connectivity index (χ4n) is 2.31. The molecule has 3 nitrogen and oxygen atoms in total. The summed E-state index contributed by atoms with van der Waals surface area (Å²) < 4.78 is 23.6. The number of hydrogen-bond donors (Lipinski definition) is 1. The highest BCUT2D eigenvalue weighted by molar-refractivity contribution is 7.91. The quantitative estimate of drug-likeness (QED) is 0.840. The molecule has 21 heavy (non-hydrogen) atoms. The van der Waals surface area contributed by atoms with Crippen molar-refractivity contribution in [3.8, 4) is 0 Å². The average Bonchev–Trinajstić information content (AvgIpc) is 2.39. The number of hydrogen-bond acceptors (Lipinski definition) is 3. The van der Waals surface area contributed by atoms with Crippen LogP contribution in [0.1, 0.15) is 51.2 Å². The van der Waals surface area contributed by atoms with Gasteiger partial charge in [0.15, 0.2) is 0 Å². The standard InChI is InChI=1S/C17H29NO2S/c1-6-21(19,20)12-11-15(13-18-17(3,4)5)16-10-8-7-9-14(16)2/h7-10,15,18H,6,11-13H2,1-5H3. The second-order valence-corrected chi connectivity index (χ2v) is 9.18. The summed E-state index contributed by atoms with van der Waals surface area (Å²) in [5.74, 6) is 0.709. The van der Waals surface area contributed by atoms with Crippen molar-refractivity contribution in [2.24, 2.45) is 0 Å². The zero-order chi connectivity index (χ0) is 16.1. The second kappa shape index (κ2) is 7.41. The predicted molar refractivity (Wildman–Crippen MR) is 90.6 cm³/mol. The van der Waals surface area contributed by atoms with E-state index in [1.807, 2.05) is 12.1 Å². The lowest BCUT2D eigenvalue weighted by atomic mass is 9.91. The molecule has 1 aromatic rings. The van der Waals surface area contributed by atoms with Crippen molar-refractivity contribution in [2.75, 3.05) is 18.1 Å². The highest BCUT2D eigenvalue weighted by Crippen LogP contribution is 2.24. The third-order valence-electron chi connectivity index (χ3n) is 3.72. The number of benzene rings is 1. The molecule has 0 spiro atoms. The average molecular weight is 311 g/mol. The number of nitrogens with one attached hydrogen (secondary N) is 1. The smallest absolute Gasteiger partial charge is 0.150 e. The molecule has 0 heterocycles. The first-order valence-electron chi connectivity index (χ1n) is 7.65. The first kappa shape index (κ1) is 18.2. The minimum atomic E-state index is -2.92. The van der Waals surface area contributed by atoms with Crippen molar-refractivity contribution in [3.05, 3.63) is 35.4 Å². The zero-order valence-electron chi connectivity index (χ0n) is 13.9. The van der Waals surface area contributed by atoms with Gasteiger partial charge in [0.25, 0.3) is 0 Å².